The van der Waals surface area contributed by atoms with Gasteiger partial charge in [0.2, 0.25) is 0 Å². The Hall–Kier alpha value is -8.36. The van der Waals surface area contributed by atoms with Crippen LogP contribution in [-0.2, 0) is 47.3 Å². The number of hydrogen-bond donors (Lipinski definition) is 2. The molecule has 0 atom stereocenters. The number of phenols is 2. The van der Waals surface area contributed by atoms with Gasteiger partial charge in [-0.15, -0.1) is 0 Å². The van der Waals surface area contributed by atoms with Gasteiger partial charge in [0.1, 0.15) is 60.9 Å². The zero-order chi connectivity index (χ0) is 59.3. The number of hydrogen-bond acceptors (Lipinski definition) is 8. The first-order valence-electron chi connectivity index (χ1n) is 29.7. The highest BCUT2D eigenvalue weighted by molar-refractivity contribution is 6.05. The van der Waals surface area contributed by atoms with Gasteiger partial charge in [-0.1, -0.05) is 204 Å². The second-order valence-electron chi connectivity index (χ2n) is 27.0. The minimum Gasteiger partial charge on any atom is -0.507 e. The van der Waals surface area contributed by atoms with Crippen molar-refractivity contribution in [3.8, 4) is 34.5 Å². The van der Waals surface area contributed by atoms with Crippen molar-refractivity contribution in [1.82, 2.24) is 0 Å². The molecule has 12 rings (SSSR count). The fraction of sp³-hybridized carbons (Fsp3) is 0.316. The van der Waals surface area contributed by atoms with Crippen molar-refractivity contribution in [1.29, 1.82) is 0 Å². The molecule has 3 aliphatic rings. The van der Waals surface area contributed by atoms with E-state index in [1.165, 1.54) is 0 Å². The Labute approximate surface area is 496 Å². The molecule has 2 heterocycles. The molecule has 0 radical (unpaired) electrons. The van der Waals surface area contributed by atoms with Crippen molar-refractivity contribution < 1.29 is 29.2 Å². The quantitative estimate of drug-likeness (QED) is 0.157. The standard InChI is InChI=1S/C76H80N2O6/c1-73(2,3)57-37-49-33-53-41-59(75(7,8)9)43-55-35-51-39-58(74(4,5)6)40-52(70(51)80)36-56-44-60(76(10,11)12)42-54(34-50(38-57)69(49)79)72(56)84-32-30-82-68-28-26-48-20-14-16-22-62(48)64(68)46-78-66-24-18-17-23-65(66)77-45-63-61-21-15-13-19-47(61)25-27-67(63)81-29-31-83-71(53)55/h13-28,37-46,79-80H,29-36H2,1-12H3. The van der Waals surface area contributed by atoms with Crippen molar-refractivity contribution in [3.63, 3.8) is 0 Å². The van der Waals surface area contributed by atoms with Crippen LogP contribution in [0.1, 0.15) is 161 Å². The molecule has 10 bridgehead atoms. The summed E-state index contributed by atoms with van der Waals surface area (Å²) in [7, 11) is 0. The summed E-state index contributed by atoms with van der Waals surface area (Å²) in [6.07, 6.45) is 5.30. The van der Waals surface area contributed by atoms with Crippen molar-refractivity contribution >= 4 is 45.3 Å². The van der Waals surface area contributed by atoms with Crippen molar-refractivity contribution in [2.75, 3.05) is 26.4 Å². The van der Waals surface area contributed by atoms with Gasteiger partial charge in [0.25, 0.3) is 0 Å². The van der Waals surface area contributed by atoms with E-state index in [2.05, 4.69) is 168 Å². The van der Waals surface area contributed by atoms with Gasteiger partial charge in [0, 0.05) is 49.2 Å². The molecule has 8 heteroatoms. The van der Waals surface area contributed by atoms with E-state index < -0.39 is 0 Å². The highest BCUT2D eigenvalue weighted by Crippen LogP contribution is 2.45. The Bertz CT molecular complexity index is 3690. The van der Waals surface area contributed by atoms with Crippen LogP contribution in [0.25, 0.3) is 21.5 Å². The number of para-hydroxylation sites is 2. The van der Waals surface area contributed by atoms with Gasteiger partial charge in [0.05, 0.1) is 11.4 Å². The summed E-state index contributed by atoms with van der Waals surface area (Å²) in [5.74, 6) is 3.26. The number of rotatable bonds is 0. The van der Waals surface area contributed by atoms with Crippen molar-refractivity contribution in [3.05, 3.63) is 223 Å². The lowest BCUT2D eigenvalue weighted by Gasteiger charge is -2.28. The maximum Gasteiger partial charge on any atom is 0.128 e. The van der Waals surface area contributed by atoms with Gasteiger partial charge in [-0.2, -0.15) is 0 Å². The van der Waals surface area contributed by atoms with Gasteiger partial charge in [-0.25, -0.2) is 0 Å². The summed E-state index contributed by atoms with van der Waals surface area (Å²) >= 11 is 0. The molecular formula is C76H80N2O6. The third kappa shape index (κ3) is 12.2. The first kappa shape index (κ1) is 57.5. The number of phenolic OH excluding ortho intramolecular Hbond substituents is 2. The molecule has 430 valence electrons. The topological polar surface area (TPSA) is 102 Å². The van der Waals surface area contributed by atoms with Crippen LogP contribution in [0.5, 0.6) is 34.5 Å². The van der Waals surface area contributed by atoms with Crippen LogP contribution in [0.4, 0.5) is 11.4 Å². The minimum absolute atomic E-state index is 0.210. The van der Waals surface area contributed by atoms with Gasteiger partial charge in [-0.3, -0.25) is 9.98 Å². The molecule has 0 saturated carbocycles. The molecular weight excluding hydrogens is 1040 g/mol. The lowest BCUT2D eigenvalue weighted by molar-refractivity contribution is 0.215. The molecule has 0 amide bonds. The van der Waals surface area contributed by atoms with Gasteiger partial charge < -0.3 is 29.2 Å². The number of aromatic hydroxyl groups is 2. The first-order chi connectivity index (χ1) is 40.0. The summed E-state index contributed by atoms with van der Waals surface area (Å²) in [4.78, 5) is 10.3. The largest absolute Gasteiger partial charge is 0.507 e. The predicted molar refractivity (Wildman–Crippen MR) is 346 cm³/mol. The average Bonchev–Trinajstić information content (AvgIpc) is 2.58. The van der Waals surface area contributed by atoms with Crippen LogP contribution < -0.4 is 18.9 Å². The molecule has 84 heavy (non-hydrogen) atoms. The molecule has 0 unspecified atom stereocenters. The van der Waals surface area contributed by atoms with E-state index >= 15 is 0 Å². The summed E-state index contributed by atoms with van der Waals surface area (Å²) < 4.78 is 27.9. The van der Waals surface area contributed by atoms with E-state index in [0.29, 0.717) is 60.1 Å². The third-order valence-corrected chi connectivity index (χ3v) is 16.6. The number of ether oxygens (including phenoxy) is 4. The maximum atomic E-state index is 13.0. The Balaban J connectivity index is 1.16. The molecule has 1 aliphatic carbocycles. The van der Waals surface area contributed by atoms with Crippen LogP contribution in [-0.4, -0.2) is 49.1 Å². The average molecular weight is 1120 g/mol. The highest BCUT2D eigenvalue weighted by Gasteiger charge is 2.29. The van der Waals surface area contributed by atoms with Crippen LogP contribution in [0.15, 0.2) is 156 Å². The molecule has 0 fully saturated rings. The fourth-order valence-corrected chi connectivity index (χ4v) is 11.6. The summed E-state index contributed by atoms with van der Waals surface area (Å²) in [5, 5.41) is 30.0. The van der Waals surface area contributed by atoms with E-state index in [1.807, 2.05) is 73.1 Å². The highest BCUT2D eigenvalue weighted by atomic mass is 16.5. The molecule has 0 saturated heterocycles. The molecule has 2 N–H and O–H groups in total. The number of aliphatic imine (C=N–C) groups is 2. The SMILES string of the molecule is CC(C)(C)c1cc2c(O)c(c1)Cc1cc(C(C)(C)C)cc3c1OCCOc1ccc4ccccc4c1C=Nc1ccccc1N=Cc1c(ccc4ccccc14)OCCOc1c(cc(C(C)(C)C)cc1Cc1cc(C(C)(C)C)cc(c1O)C3)C2. The summed E-state index contributed by atoms with van der Waals surface area (Å²) in [5.41, 5.74) is 13.5. The molecule has 0 aromatic heterocycles. The molecule has 8 nitrogen and oxygen atoms in total. The molecule has 9 aromatic rings. The minimum atomic E-state index is -0.256. The maximum absolute atomic E-state index is 13.0. The molecule has 0 spiro atoms. The number of fused-ring (bicyclic) bond motifs is 8. The smallest absolute Gasteiger partial charge is 0.128 e. The second kappa shape index (κ2) is 22.7. The molecule has 9 aromatic carbocycles. The Morgan fingerprint density at radius 1 is 0.333 bits per heavy atom. The zero-order valence-electron chi connectivity index (χ0n) is 51.1. The van der Waals surface area contributed by atoms with E-state index in [1.54, 1.807) is 0 Å². The predicted octanol–water partition coefficient (Wildman–Crippen LogP) is 18.0. The van der Waals surface area contributed by atoms with Crippen LogP contribution in [0.3, 0.4) is 0 Å². The summed E-state index contributed by atoms with van der Waals surface area (Å²) in [6.45, 7) is 27.6. The fourth-order valence-electron chi connectivity index (χ4n) is 11.6. The Kier molecular flexibility index (Phi) is 15.5. The van der Waals surface area contributed by atoms with Gasteiger partial charge in [-0.05, 0) is 134 Å². The monoisotopic (exact) mass is 1120 g/mol. The number of benzene rings is 9. The zero-order valence-corrected chi connectivity index (χ0v) is 51.1. The Morgan fingerprint density at radius 2 is 0.619 bits per heavy atom. The second-order valence-corrected chi connectivity index (χ2v) is 27.0. The van der Waals surface area contributed by atoms with E-state index in [4.69, 9.17) is 28.9 Å². The van der Waals surface area contributed by atoms with E-state index in [0.717, 1.165) is 99.4 Å². The Morgan fingerprint density at radius 3 is 0.940 bits per heavy atom. The van der Waals surface area contributed by atoms with Crippen LogP contribution in [0.2, 0.25) is 0 Å². The van der Waals surface area contributed by atoms with Gasteiger partial charge in [0.15, 0.2) is 0 Å². The summed E-state index contributed by atoms with van der Waals surface area (Å²) in [6, 6.07) is 50.4. The number of nitrogens with zero attached hydrogens (tertiary/aromatic N) is 2. The first-order valence-corrected chi connectivity index (χ1v) is 29.7. The lowest BCUT2D eigenvalue weighted by atomic mass is 9.79. The van der Waals surface area contributed by atoms with Crippen molar-refractivity contribution in [2.24, 2.45) is 9.98 Å². The lowest BCUT2D eigenvalue weighted by Crippen LogP contribution is -2.18. The molecule has 2 aliphatic heterocycles. The van der Waals surface area contributed by atoms with Crippen molar-refractivity contribution in [2.45, 2.75) is 130 Å². The normalized spacial score (nSPS) is 14.4. The third-order valence-electron chi connectivity index (χ3n) is 16.6. The van der Waals surface area contributed by atoms with Gasteiger partial charge >= 0.3 is 0 Å². The van der Waals surface area contributed by atoms with E-state index in [-0.39, 0.29) is 59.6 Å². The van der Waals surface area contributed by atoms with E-state index in [9.17, 15) is 10.2 Å². The van der Waals surface area contributed by atoms with Crippen LogP contribution in [0, 0.1) is 0 Å². The van der Waals surface area contributed by atoms with Crippen LogP contribution >= 0.6 is 0 Å².